The van der Waals surface area contributed by atoms with E-state index in [9.17, 15) is 13.2 Å². The average Bonchev–Trinajstić information content (AvgIpc) is 3.38. The molecule has 28 heavy (non-hydrogen) atoms. The van der Waals surface area contributed by atoms with E-state index >= 15 is 0 Å². The molecule has 149 valence electrons. The summed E-state index contributed by atoms with van der Waals surface area (Å²) in [6.07, 6.45) is 2.98. The third kappa shape index (κ3) is 3.74. The molecule has 1 aromatic carbocycles. The molecule has 8 heteroatoms. The standard InChI is InChI=1S/C20H24N3O3S2/c21-20(24)19-17-14-23(28(25,26)18-9-5-11-27-18)13-16(17)12-22(19)10-4-8-15-6-2-1-3-7-15/h1-3,5-9,11,16-17,19H,4,10,12-14H2,(H2,21,24)/t16?,17-,19?/m1/s1. The van der Waals surface area contributed by atoms with Gasteiger partial charge in [0, 0.05) is 25.6 Å². The number of thiophene rings is 1. The molecule has 2 fully saturated rings. The van der Waals surface area contributed by atoms with Gasteiger partial charge >= 0.3 is 0 Å². The van der Waals surface area contributed by atoms with Crippen LogP contribution in [-0.4, -0.2) is 55.8 Å². The first-order valence-electron chi connectivity index (χ1n) is 9.42. The van der Waals surface area contributed by atoms with E-state index in [1.807, 2.05) is 18.2 Å². The van der Waals surface area contributed by atoms with Crippen molar-refractivity contribution in [3.63, 3.8) is 0 Å². The number of amides is 1. The summed E-state index contributed by atoms with van der Waals surface area (Å²) < 4.78 is 27.5. The largest absolute Gasteiger partial charge is 0.368 e. The Kier molecular flexibility index (Phi) is 5.55. The normalized spacial score (nSPS) is 25.8. The van der Waals surface area contributed by atoms with Crippen LogP contribution >= 0.6 is 11.3 Å². The molecule has 3 atom stereocenters. The monoisotopic (exact) mass is 418 g/mol. The number of nitrogens with two attached hydrogens (primary N) is 1. The minimum absolute atomic E-state index is 0.0380. The van der Waals surface area contributed by atoms with Crippen LogP contribution < -0.4 is 5.73 Å². The molecule has 2 saturated heterocycles. The van der Waals surface area contributed by atoms with Crippen molar-refractivity contribution in [2.45, 2.75) is 16.7 Å². The third-order valence-corrected chi connectivity index (χ3v) is 8.91. The Bertz CT molecular complexity index is 915. The van der Waals surface area contributed by atoms with Gasteiger partial charge < -0.3 is 5.73 Å². The van der Waals surface area contributed by atoms with Crippen molar-refractivity contribution in [2.24, 2.45) is 17.6 Å². The molecule has 0 aliphatic carbocycles. The van der Waals surface area contributed by atoms with Crippen LogP contribution in [0.3, 0.4) is 0 Å². The molecule has 0 saturated carbocycles. The fraction of sp³-hybridized carbons (Fsp3) is 0.400. The van der Waals surface area contributed by atoms with Gasteiger partial charge in [-0.25, -0.2) is 8.42 Å². The predicted octanol–water partition coefficient (Wildman–Crippen LogP) is 1.80. The smallest absolute Gasteiger partial charge is 0.252 e. The zero-order valence-electron chi connectivity index (χ0n) is 15.5. The first kappa shape index (κ1) is 19.6. The van der Waals surface area contributed by atoms with Crippen molar-refractivity contribution in [1.82, 2.24) is 9.21 Å². The Hall–Kier alpha value is -1.74. The van der Waals surface area contributed by atoms with Crippen LogP contribution in [0.2, 0.25) is 0 Å². The van der Waals surface area contributed by atoms with E-state index in [1.54, 1.807) is 17.5 Å². The minimum Gasteiger partial charge on any atom is -0.368 e. The van der Waals surface area contributed by atoms with Gasteiger partial charge in [-0.2, -0.15) is 4.31 Å². The average molecular weight is 419 g/mol. The van der Waals surface area contributed by atoms with E-state index in [4.69, 9.17) is 5.73 Å². The Labute approximate surface area is 170 Å². The van der Waals surface area contributed by atoms with Gasteiger partial charge in [0.15, 0.2) is 0 Å². The summed E-state index contributed by atoms with van der Waals surface area (Å²) in [4.78, 5) is 14.3. The number of sulfonamides is 1. The lowest BCUT2D eigenvalue weighted by Crippen LogP contribution is -2.46. The zero-order chi connectivity index (χ0) is 19.7. The fourth-order valence-electron chi connectivity index (χ4n) is 4.43. The van der Waals surface area contributed by atoms with Crippen LogP contribution in [0.1, 0.15) is 12.0 Å². The van der Waals surface area contributed by atoms with Crippen LogP contribution in [0.5, 0.6) is 0 Å². The molecule has 2 unspecified atom stereocenters. The van der Waals surface area contributed by atoms with Crippen molar-refractivity contribution in [3.05, 3.63) is 59.8 Å². The van der Waals surface area contributed by atoms with Gasteiger partial charge in [-0.05, 0) is 42.3 Å². The van der Waals surface area contributed by atoms with E-state index in [2.05, 4.69) is 23.5 Å². The first-order chi connectivity index (χ1) is 13.5. The number of nitrogens with zero attached hydrogens (tertiary/aromatic N) is 2. The lowest BCUT2D eigenvalue weighted by molar-refractivity contribution is -0.123. The summed E-state index contributed by atoms with van der Waals surface area (Å²) in [7, 11) is -3.48. The molecule has 1 radical (unpaired) electrons. The van der Waals surface area contributed by atoms with Gasteiger partial charge in [0.1, 0.15) is 4.21 Å². The third-order valence-electron chi connectivity index (χ3n) is 5.70. The number of likely N-dealkylation sites (tertiary alicyclic amines) is 1. The summed E-state index contributed by atoms with van der Waals surface area (Å²) in [5, 5.41) is 1.76. The molecular weight excluding hydrogens is 394 g/mol. The van der Waals surface area contributed by atoms with Crippen LogP contribution in [0.25, 0.3) is 0 Å². The summed E-state index contributed by atoms with van der Waals surface area (Å²) in [5.41, 5.74) is 6.88. The number of rotatable bonds is 7. The molecule has 1 aromatic heterocycles. The topological polar surface area (TPSA) is 83.7 Å². The Morgan fingerprint density at radius 1 is 1.14 bits per heavy atom. The zero-order valence-corrected chi connectivity index (χ0v) is 17.1. The molecule has 1 amide bonds. The van der Waals surface area contributed by atoms with E-state index in [1.165, 1.54) is 15.6 Å². The number of primary amides is 1. The number of carbonyl (C=O) groups excluding carboxylic acids is 1. The quantitative estimate of drug-likeness (QED) is 0.743. The molecule has 6 nitrogen and oxygen atoms in total. The second-order valence-electron chi connectivity index (χ2n) is 7.42. The van der Waals surface area contributed by atoms with E-state index < -0.39 is 16.1 Å². The summed E-state index contributed by atoms with van der Waals surface area (Å²) in [5.74, 6) is -0.254. The highest BCUT2D eigenvalue weighted by Gasteiger charge is 2.51. The first-order valence-corrected chi connectivity index (χ1v) is 11.7. The molecule has 3 heterocycles. The predicted molar refractivity (Wildman–Crippen MR) is 109 cm³/mol. The Morgan fingerprint density at radius 3 is 2.61 bits per heavy atom. The van der Waals surface area contributed by atoms with Gasteiger partial charge in [-0.1, -0.05) is 36.4 Å². The molecule has 2 N–H and O–H groups in total. The summed E-state index contributed by atoms with van der Waals surface area (Å²) in [6, 6.07) is 13.1. The number of benzene rings is 1. The van der Waals surface area contributed by atoms with Crippen LogP contribution in [0.15, 0.2) is 52.1 Å². The van der Waals surface area contributed by atoms with E-state index in [-0.39, 0.29) is 17.7 Å². The van der Waals surface area contributed by atoms with Crippen molar-refractivity contribution >= 4 is 27.3 Å². The SMILES string of the molecule is NC(=O)C1[C@@H]2CN(S(=O)(=O)c3cccs3)CC2CN1CC[CH]c1ccccc1. The number of carbonyl (C=O) groups is 1. The van der Waals surface area contributed by atoms with E-state index in [0.717, 1.165) is 18.5 Å². The maximum atomic E-state index is 12.8. The van der Waals surface area contributed by atoms with Crippen molar-refractivity contribution in [3.8, 4) is 0 Å². The van der Waals surface area contributed by atoms with Gasteiger partial charge in [0.25, 0.3) is 10.0 Å². The van der Waals surface area contributed by atoms with Gasteiger partial charge in [-0.15, -0.1) is 11.3 Å². The minimum atomic E-state index is -3.48. The second kappa shape index (κ2) is 7.94. The summed E-state index contributed by atoms with van der Waals surface area (Å²) in [6.45, 7) is 2.26. The van der Waals surface area contributed by atoms with Gasteiger partial charge in [-0.3, -0.25) is 9.69 Å². The highest BCUT2D eigenvalue weighted by molar-refractivity contribution is 7.91. The van der Waals surface area contributed by atoms with Gasteiger partial charge in [0.05, 0.1) is 6.04 Å². The maximum Gasteiger partial charge on any atom is 0.252 e. The molecule has 0 spiro atoms. The lowest BCUT2D eigenvalue weighted by Gasteiger charge is -2.26. The number of fused-ring (bicyclic) bond motifs is 1. The molecule has 4 rings (SSSR count). The number of hydrogen-bond donors (Lipinski definition) is 1. The van der Waals surface area contributed by atoms with Crippen molar-refractivity contribution < 1.29 is 13.2 Å². The Morgan fingerprint density at radius 2 is 1.93 bits per heavy atom. The fourth-order valence-corrected chi connectivity index (χ4v) is 7.11. The van der Waals surface area contributed by atoms with Crippen molar-refractivity contribution in [1.29, 1.82) is 0 Å². The molecule has 0 bridgehead atoms. The van der Waals surface area contributed by atoms with Crippen LogP contribution in [-0.2, 0) is 14.8 Å². The highest BCUT2D eigenvalue weighted by Crippen LogP contribution is 2.39. The van der Waals surface area contributed by atoms with Crippen molar-refractivity contribution in [2.75, 3.05) is 26.2 Å². The summed E-state index contributed by atoms with van der Waals surface area (Å²) >= 11 is 1.23. The maximum absolute atomic E-state index is 12.8. The van der Waals surface area contributed by atoms with Gasteiger partial charge in [0.2, 0.25) is 5.91 Å². The second-order valence-corrected chi connectivity index (χ2v) is 10.5. The molecule has 2 aromatic rings. The molecular formula is C20H24N3O3S2. The van der Waals surface area contributed by atoms with Crippen LogP contribution in [0, 0.1) is 18.3 Å². The highest BCUT2D eigenvalue weighted by atomic mass is 32.2. The number of hydrogen-bond acceptors (Lipinski definition) is 5. The Balaban J connectivity index is 1.41. The molecule has 2 aliphatic rings. The molecule has 2 aliphatic heterocycles. The van der Waals surface area contributed by atoms with Crippen LogP contribution in [0.4, 0.5) is 0 Å². The van der Waals surface area contributed by atoms with E-state index in [0.29, 0.717) is 23.8 Å². The lowest BCUT2D eigenvalue weighted by atomic mass is 9.94.